The zero-order valence-electron chi connectivity index (χ0n) is 13.1. The SMILES string of the molecule is CCNCCNS(=O)(=O)c1ccc2sc(C(=O)OCC)cc2c1. The predicted octanol–water partition coefficient (Wildman–Crippen LogP) is 1.97. The van der Waals surface area contributed by atoms with Crippen molar-refractivity contribution in [3.8, 4) is 0 Å². The van der Waals surface area contributed by atoms with Gasteiger partial charge in [-0.15, -0.1) is 11.3 Å². The number of ether oxygens (including phenoxy) is 1. The van der Waals surface area contributed by atoms with Gasteiger partial charge in [-0.2, -0.15) is 0 Å². The highest BCUT2D eigenvalue weighted by molar-refractivity contribution is 7.89. The highest BCUT2D eigenvalue weighted by Gasteiger charge is 2.16. The number of carbonyl (C=O) groups is 1. The Kier molecular flexibility index (Phi) is 6.11. The number of benzene rings is 1. The molecule has 1 aromatic heterocycles. The van der Waals surface area contributed by atoms with Crippen LogP contribution in [0, 0.1) is 0 Å². The van der Waals surface area contributed by atoms with E-state index in [1.54, 1.807) is 31.2 Å². The lowest BCUT2D eigenvalue weighted by Crippen LogP contribution is -2.31. The van der Waals surface area contributed by atoms with Gasteiger partial charge in [-0.3, -0.25) is 0 Å². The largest absolute Gasteiger partial charge is 0.462 e. The van der Waals surface area contributed by atoms with E-state index in [1.165, 1.54) is 11.3 Å². The molecule has 0 atom stereocenters. The number of sulfonamides is 1. The number of fused-ring (bicyclic) bond motifs is 1. The summed E-state index contributed by atoms with van der Waals surface area (Å²) in [6, 6.07) is 6.49. The molecule has 1 heterocycles. The molecule has 0 saturated carbocycles. The van der Waals surface area contributed by atoms with Gasteiger partial charge in [-0.05, 0) is 43.1 Å². The molecule has 0 amide bonds. The molecule has 0 aliphatic heterocycles. The van der Waals surface area contributed by atoms with Crippen LogP contribution in [0.25, 0.3) is 10.1 Å². The van der Waals surface area contributed by atoms with Crippen molar-refractivity contribution in [3.63, 3.8) is 0 Å². The van der Waals surface area contributed by atoms with Crippen LogP contribution >= 0.6 is 11.3 Å². The molecule has 0 fully saturated rings. The van der Waals surface area contributed by atoms with E-state index in [4.69, 9.17) is 4.74 Å². The Balaban J connectivity index is 2.20. The summed E-state index contributed by atoms with van der Waals surface area (Å²) < 4.78 is 32.9. The van der Waals surface area contributed by atoms with Crippen LogP contribution < -0.4 is 10.0 Å². The fourth-order valence-corrected chi connectivity index (χ4v) is 4.03. The van der Waals surface area contributed by atoms with Gasteiger partial charge in [0.15, 0.2) is 0 Å². The molecule has 8 heteroatoms. The maximum atomic E-state index is 12.3. The third kappa shape index (κ3) is 4.51. The molecule has 126 valence electrons. The van der Waals surface area contributed by atoms with Gasteiger partial charge in [-0.25, -0.2) is 17.9 Å². The fourth-order valence-electron chi connectivity index (χ4n) is 2.03. The van der Waals surface area contributed by atoms with Crippen molar-refractivity contribution in [2.75, 3.05) is 26.2 Å². The molecule has 2 rings (SSSR count). The van der Waals surface area contributed by atoms with E-state index in [9.17, 15) is 13.2 Å². The smallest absolute Gasteiger partial charge is 0.348 e. The summed E-state index contributed by atoms with van der Waals surface area (Å²) in [7, 11) is -3.55. The van der Waals surface area contributed by atoms with Gasteiger partial charge in [-0.1, -0.05) is 6.92 Å². The van der Waals surface area contributed by atoms with Crippen LogP contribution in [0.5, 0.6) is 0 Å². The molecule has 0 saturated heterocycles. The first-order chi connectivity index (χ1) is 11.0. The van der Waals surface area contributed by atoms with Gasteiger partial charge in [0.05, 0.1) is 11.5 Å². The van der Waals surface area contributed by atoms with E-state index in [2.05, 4.69) is 10.0 Å². The van der Waals surface area contributed by atoms with Crippen LogP contribution in [0.4, 0.5) is 0 Å². The summed E-state index contributed by atoms with van der Waals surface area (Å²) in [6.07, 6.45) is 0. The number of hydrogen-bond donors (Lipinski definition) is 2. The summed E-state index contributed by atoms with van der Waals surface area (Å²) in [4.78, 5) is 12.4. The summed E-state index contributed by atoms with van der Waals surface area (Å²) in [5.41, 5.74) is 0. The summed E-state index contributed by atoms with van der Waals surface area (Å²) >= 11 is 1.29. The van der Waals surface area contributed by atoms with E-state index in [0.29, 0.717) is 30.0 Å². The minimum Gasteiger partial charge on any atom is -0.462 e. The van der Waals surface area contributed by atoms with Crippen LogP contribution in [0.1, 0.15) is 23.5 Å². The average Bonchev–Trinajstić information content (AvgIpc) is 2.95. The van der Waals surface area contributed by atoms with Crippen LogP contribution in [-0.4, -0.2) is 40.6 Å². The predicted molar refractivity (Wildman–Crippen MR) is 91.5 cm³/mol. The molecule has 0 bridgehead atoms. The second-order valence-electron chi connectivity index (χ2n) is 4.78. The molecule has 23 heavy (non-hydrogen) atoms. The van der Waals surface area contributed by atoms with E-state index in [-0.39, 0.29) is 10.9 Å². The Morgan fingerprint density at radius 2 is 2.00 bits per heavy atom. The maximum Gasteiger partial charge on any atom is 0.348 e. The Morgan fingerprint density at radius 1 is 1.22 bits per heavy atom. The second kappa shape index (κ2) is 7.87. The normalized spacial score (nSPS) is 11.7. The number of esters is 1. The quantitative estimate of drug-likeness (QED) is 0.558. The standard InChI is InChI=1S/C15H20N2O4S2/c1-3-16-7-8-17-23(19,20)12-5-6-13-11(9-12)10-14(22-13)15(18)21-4-2/h5-6,9-10,16-17H,3-4,7-8H2,1-2H3. The molecule has 6 nitrogen and oxygen atoms in total. The van der Waals surface area contributed by atoms with Crippen molar-refractivity contribution >= 4 is 37.4 Å². The molecule has 0 aliphatic carbocycles. The summed E-state index contributed by atoms with van der Waals surface area (Å²) in [5, 5.41) is 3.77. The Hall–Kier alpha value is -1.48. The van der Waals surface area contributed by atoms with Crippen LogP contribution in [0.3, 0.4) is 0 Å². The fraction of sp³-hybridized carbons (Fsp3) is 0.400. The van der Waals surface area contributed by atoms with Crippen LogP contribution in [0.2, 0.25) is 0 Å². The van der Waals surface area contributed by atoms with Crippen LogP contribution in [-0.2, 0) is 14.8 Å². The van der Waals surface area contributed by atoms with Crippen molar-refractivity contribution < 1.29 is 17.9 Å². The van der Waals surface area contributed by atoms with E-state index < -0.39 is 10.0 Å². The summed E-state index contributed by atoms with van der Waals surface area (Å²) in [6.45, 7) is 5.70. The molecule has 0 radical (unpaired) electrons. The van der Waals surface area contributed by atoms with Crippen molar-refractivity contribution in [2.45, 2.75) is 18.7 Å². The molecule has 0 unspecified atom stereocenters. The van der Waals surface area contributed by atoms with Gasteiger partial charge in [0.2, 0.25) is 10.0 Å². The third-order valence-electron chi connectivity index (χ3n) is 3.12. The number of thiophene rings is 1. The van der Waals surface area contributed by atoms with Gasteiger partial charge in [0.25, 0.3) is 0 Å². The lowest BCUT2D eigenvalue weighted by atomic mass is 10.2. The van der Waals surface area contributed by atoms with Gasteiger partial charge in [0, 0.05) is 17.8 Å². The first-order valence-corrected chi connectivity index (χ1v) is 9.69. The van der Waals surface area contributed by atoms with Gasteiger partial charge < -0.3 is 10.1 Å². The first kappa shape index (κ1) is 17.9. The van der Waals surface area contributed by atoms with Crippen molar-refractivity contribution in [1.29, 1.82) is 0 Å². The number of hydrogen-bond acceptors (Lipinski definition) is 6. The molecule has 2 N–H and O–H groups in total. The number of nitrogens with one attached hydrogen (secondary N) is 2. The van der Waals surface area contributed by atoms with Gasteiger partial charge in [0.1, 0.15) is 4.88 Å². The van der Waals surface area contributed by atoms with Gasteiger partial charge >= 0.3 is 5.97 Å². The molecule has 1 aromatic carbocycles. The summed E-state index contributed by atoms with van der Waals surface area (Å²) in [5.74, 6) is -0.387. The third-order valence-corrected chi connectivity index (χ3v) is 5.67. The first-order valence-electron chi connectivity index (χ1n) is 7.39. The maximum absolute atomic E-state index is 12.3. The van der Waals surface area contributed by atoms with E-state index >= 15 is 0 Å². The number of rotatable bonds is 8. The highest BCUT2D eigenvalue weighted by Crippen LogP contribution is 2.28. The van der Waals surface area contributed by atoms with E-state index in [1.807, 2.05) is 6.92 Å². The minimum atomic E-state index is -3.55. The zero-order chi connectivity index (χ0) is 16.9. The zero-order valence-corrected chi connectivity index (χ0v) is 14.7. The van der Waals surface area contributed by atoms with E-state index in [0.717, 1.165) is 11.2 Å². The van der Waals surface area contributed by atoms with Crippen molar-refractivity contribution in [1.82, 2.24) is 10.0 Å². The lowest BCUT2D eigenvalue weighted by molar-refractivity contribution is 0.0532. The highest BCUT2D eigenvalue weighted by atomic mass is 32.2. The molecule has 2 aromatic rings. The molecule has 0 aliphatic rings. The number of carbonyl (C=O) groups excluding carboxylic acids is 1. The molecular formula is C15H20N2O4S2. The average molecular weight is 356 g/mol. The minimum absolute atomic E-state index is 0.190. The molecular weight excluding hydrogens is 336 g/mol. The number of likely N-dealkylation sites (N-methyl/N-ethyl adjacent to an activating group) is 1. The Labute approximate surface area is 139 Å². The Morgan fingerprint density at radius 3 is 2.70 bits per heavy atom. The second-order valence-corrected chi connectivity index (χ2v) is 7.63. The van der Waals surface area contributed by atoms with Crippen molar-refractivity contribution in [3.05, 3.63) is 29.1 Å². The monoisotopic (exact) mass is 356 g/mol. The van der Waals surface area contributed by atoms with Crippen LogP contribution in [0.15, 0.2) is 29.2 Å². The topological polar surface area (TPSA) is 84.5 Å². The van der Waals surface area contributed by atoms with Crippen molar-refractivity contribution in [2.24, 2.45) is 0 Å². The Bertz CT molecular complexity index is 784. The molecule has 0 spiro atoms. The lowest BCUT2D eigenvalue weighted by Gasteiger charge is -2.07.